The fourth-order valence-electron chi connectivity index (χ4n) is 5.48. The van der Waals surface area contributed by atoms with E-state index in [1.165, 1.54) is 0 Å². The predicted octanol–water partition coefficient (Wildman–Crippen LogP) is 5.19. The average molecular weight is 481 g/mol. The van der Waals surface area contributed by atoms with Gasteiger partial charge in [0.05, 0.1) is 29.0 Å². The van der Waals surface area contributed by atoms with Gasteiger partial charge in [-0.15, -0.1) is 0 Å². The molecule has 0 amide bonds. The molecule has 0 aliphatic carbocycles. The maximum Gasteiger partial charge on any atom is 0.124 e. The van der Waals surface area contributed by atoms with Gasteiger partial charge in [-0.05, 0) is 60.7 Å². The van der Waals surface area contributed by atoms with E-state index in [9.17, 15) is 5.11 Å². The van der Waals surface area contributed by atoms with E-state index >= 15 is 0 Å². The number of nitrogens with zero attached hydrogens (tertiary/aromatic N) is 3. The van der Waals surface area contributed by atoms with E-state index in [2.05, 4.69) is 62.7 Å². The van der Waals surface area contributed by atoms with Gasteiger partial charge in [0.2, 0.25) is 0 Å². The van der Waals surface area contributed by atoms with Crippen LogP contribution in [0.1, 0.15) is 29.8 Å². The fourth-order valence-corrected chi connectivity index (χ4v) is 5.48. The van der Waals surface area contributed by atoms with Gasteiger partial charge in [-0.3, -0.25) is 0 Å². The molecule has 6 nitrogen and oxygen atoms in total. The largest absolute Gasteiger partial charge is 0.491 e. The fraction of sp³-hybridized carbons (Fsp3) is 0.300. The highest BCUT2D eigenvalue weighted by atomic mass is 16.5. The molecule has 0 saturated carbocycles. The van der Waals surface area contributed by atoms with Crippen LogP contribution in [0, 0.1) is 6.92 Å². The van der Waals surface area contributed by atoms with Gasteiger partial charge in [0, 0.05) is 25.2 Å². The SMILES string of the molecule is C=C(N1CCC(O)(c2ccccc2)CC1)N1CCOc2ccc(-c3ccc4nc(C)[nH]c4c3)cc2C1. The molecule has 2 N–H and O–H groups in total. The highest BCUT2D eigenvalue weighted by Crippen LogP contribution is 2.35. The third kappa shape index (κ3) is 4.22. The molecular weight excluding hydrogens is 448 g/mol. The lowest BCUT2D eigenvalue weighted by atomic mass is 9.84. The lowest BCUT2D eigenvalue weighted by molar-refractivity contribution is -0.0249. The Hall–Kier alpha value is -3.77. The summed E-state index contributed by atoms with van der Waals surface area (Å²) in [6, 6.07) is 22.8. The number of rotatable bonds is 4. The quantitative estimate of drug-likeness (QED) is 0.421. The van der Waals surface area contributed by atoms with Crippen molar-refractivity contribution in [3.05, 3.63) is 96.1 Å². The van der Waals surface area contributed by atoms with Crippen molar-refractivity contribution in [2.45, 2.75) is 31.9 Å². The average Bonchev–Trinajstić information content (AvgIpc) is 3.14. The van der Waals surface area contributed by atoms with Gasteiger partial charge in [0.15, 0.2) is 0 Å². The lowest BCUT2D eigenvalue weighted by Crippen LogP contribution is -2.45. The van der Waals surface area contributed by atoms with Crippen LogP contribution in [0.25, 0.3) is 22.2 Å². The van der Waals surface area contributed by atoms with Crippen molar-refractivity contribution >= 4 is 11.0 Å². The van der Waals surface area contributed by atoms with E-state index in [0.717, 1.165) is 76.9 Å². The van der Waals surface area contributed by atoms with Crippen molar-refractivity contribution in [1.29, 1.82) is 0 Å². The van der Waals surface area contributed by atoms with Gasteiger partial charge in [-0.2, -0.15) is 0 Å². The molecule has 3 aromatic carbocycles. The van der Waals surface area contributed by atoms with Crippen molar-refractivity contribution < 1.29 is 9.84 Å². The summed E-state index contributed by atoms with van der Waals surface area (Å²) in [6.45, 7) is 10.1. The molecule has 4 aromatic rings. The summed E-state index contributed by atoms with van der Waals surface area (Å²) in [5.74, 6) is 2.86. The summed E-state index contributed by atoms with van der Waals surface area (Å²) >= 11 is 0. The molecule has 0 atom stereocenters. The number of ether oxygens (including phenoxy) is 1. The van der Waals surface area contributed by atoms with Crippen LogP contribution in [0.3, 0.4) is 0 Å². The summed E-state index contributed by atoms with van der Waals surface area (Å²) in [5, 5.41) is 11.2. The number of piperidine rings is 1. The first kappa shape index (κ1) is 22.7. The van der Waals surface area contributed by atoms with Crippen LogP contribution in [-0.4, -0.2) is 51.1 Å². The third-order valence-corrected chi connectivity index (χ3v) is 7.61. The summed E-state index contributed by atoms with van der Waals surface area (Å²) in [5.41, 5.74) is 5.73. The van der Waals surface area contributed by atoms with Crippen LogP contribution in [-0.2, 0) is 12.1 Å². The number of likely N-dealkylation sites (tertiary alicyclic amines) is 1. The summed E-state index contributed by atoms with van der Waals surface area (Å²) in [7, 11) is 0. The molecular formula is C30H32N4O2. The first-order valence-corrected chi connectivity index (χ1v) is 12.7. The van der Waals surface area contributed by atoms with Crippen molar-refractivity contribution in [3.63, 3.8) is 0 Å². The lowest BCUT2D eigenvalue weighted by Gasteiger charge is -2.42. The Kier molecular flexibility index (Phi) is 5.69. The van der Waals surface area contributed by atoms with E-state index in [1.807, 2.05) is 37.3 Å². The molecule has 36 heavy (non-hydrogen) atoms. The predicted molar refractivity (Wildman–Crippen MR) is 142 cm³/mol. The smallest absolute Gasteiger partial charge is 0.124 e. The maximum atomic E-state index is 11.2. The molecule has 184 valence electrons. The molecule has 6 heteroatoms. The van der Waals surface area contributed by atoms with Crippen molar-refractivity contribution in [2.75, 3.05) is 26.2 Å². The number of aryl methyl sites for hydroxylation is 1. The summed E-state index contributed by atoms with van der Waals surface area (Å²) in [4.78, 5) is 12.5. The molecule has 0 radical (unpaired) electrons. The third-order valence-electron chi connectivity index (χ3n) is 7.61. The minimum Gasteiger partial charge on any atom is -0.491 e. The number of fused-ring (bicyclic) bond motifs is 2. The molecule has 2 aliphatic heterocycles. The minimum absolute atomic E-state index is 0.618. The molecule has 0 bridgehead atoms. The number of aliphatic hydroxyl groups is 1. The van der Waals surface area contributed by atoms with Gasteiger partial charge in [0.25, 0.3) is 0 Å². The Labute approximate surface area is 211 Å². The van der Waals surface area contributed by atoms with Crippen LogP contribution < -0.4 is 4.74 Å². The van der Waals surface area contributed by atoms with Gasteiger partial charge in [0.1, 0.15) is 18.2 Å². The van der Waals surface area contributed by atoms with E-state index in [0.29, 0.717) is 19.4 Å². The van der Waals surface area contributed by atoms with E-state index in [-0.39, 0.29) is 0 Å². The number of aromatic amines is 1. The number of aromatic nitrogens is 2. The zero-order valence-electron chi connectivity index (χ0n) is 20.7. The van der Waals surface area contributed by atoms with Crippen molar-refractivity contribution in [3.8, 4) is 16.9 Å². The molecule has 3 heterocycles. The Morgan fingerprint density at radius 3 is 2.53 bits per heavy atom. The van der Waals surface area contributed by atoms with Crippen LogP contribution in [0.5, 0.6) is 5.75 Å². The van der Waals surface area contributed by atoms with Gasteiger partial charge >= 0.3 is 0 Å². The van der Waals surface area contributed by atoms with Crippen LogP contribution in [0.2, 0.25) is 0 Å². The minimum atomic E-state index is -0.768. The van der Waals surface area contributed by atoms with E-state index in [4.69, 9.17) is 4.74 Å². The monoisotopic (exact) mass is 480 g/mol. The number of hydrogen-bond donors (Lipinski definition) is 2. The Balaban J connectivity index is 1.19. The summed E-state index contributed by atoms with van der Waals surface area (Å²) in [6.07, 6.45) is 1.38. The number of H-pyrrole nitrogens is 1. The Morgan fingerprint density at radius 1 is 0.972 bits per heavy atom. The number of hydrogen-bond acceptors (Lipinski definition) is 5. The first-order valence-electron chi connectivity index (χ1n) is 12.7. The second kappa shape index (κ2) is 9.03. The molecule has 1 saturated heterocycles. The molecule has 1 fully saturated rings. The van der Waals surface area contributed by atoms with Crippen molar-refractivity contribution in [1.82, 2.24) is 19.8 Å². The first-order chi connectivity index (χ1) is 17.5. The molecule has 6 rings (SSSR count). The topological polar surface area (TPSA) is 64.6 Å². The highest BCUT2D eigenvalue weighted by Gasteiger charge is 2.35. The number of nitrogens with one attached hydrogen (secondary N) is 1. The van der Waals surface area contributed by atoms with Crippen LogP contribution in [0.15, 0.2) is 79.1 Å². The van der Waals surface area contributed by atoms with Crippen molar-refractivity contribution in [2.24, 2.45) is 0 Å². The Bertz CT molecular complexity index is 1400. The zero-order chi connectivity index (χ0) is 24.7. The normalized spacial score (nSPS) is 17.4. The van der Waals surface area contributed by atoms with Crippen LogP contribution >= 0.6 is 0 Å². The van der Waals surface area contributed by atoms with E-state index < -0.39 is 5.60 Å². The Morgan fingerprint density at radius 2 is 1.72 bits per heavy atom. The van der Waals surface area contributed by atoms with E-state index in [1.54, 1.807) is 0 Å². The van der Waals surface area contributed by atoms with Gasteiger partial charge in [-0.1, -0.05) is 49.0 Å². The standard InChI is InChI=1S/C30H32N4O2/c1-21-31-27-10-8-24(19-28(27)32-21)23-9-11-29-25(18-23)20-34(16-17-36-29)22(2)33-14-12-30(35,13-15-33)26-6-4-3-5-7-26/h3-11,18-19,35H,2,12-17,20H2,1H3,(H,31,32). The molecule has 2 aliphatic rings. The molecule has 0 spiro atoms. The molecule has 0 unspecified atom stereocenters. The number of benzene rings is 3. The number of imidazole rings is 1. The van der Waals surface area contributed by atoms with Gasteiger partial charge < -0.3 is 24.6 Å². The highest BCUT2D eigenvalue weighted by molar-refractivity contribution is 5.82. The van der Waals surface area contributed by atoms with Crippen LogP contribution in [0.4, 0.5) is 0 Å². The second-order valence-electron chi connectivity index (χ2n) is 9.95. The zero-order valence-corrected chi connectivity index (χ0v) is 20.7. The second-order valence-corrected chi connectivity index (χ2v) is 9.95. The maximum absolute atomic E-state index is 11.2. The summed E-state index contributed by atoms with van der Waals surface area (Å²) < 4.78 is 6.11. The van der Waals surface area contributed by atoms with Gasteiger partial charge in [-0.25, -0.2) is 4.98 Å². The molecule has 1 aromatic heterocycles.